The van der Waals surface area contributed by atoms with Gasteiger partial charge in [0.1, 0.15) is 11.3 Å². The molecule has 2 aliphatic rings. The number of hydrogen-bond acceptors (Lipinski definition) is 9. The first-order valence-electron chi connectivity index (χ1n) is 18.8. The molecule has 1 aromatic heterocycles. The fraction of sp³-hybridized carbons (Fsp3) is 0.525. The predicted octanol–water partition coefficient (Wildman–Crippen LogP) is 3.37. The van der Waals surface area contributed by atoms with E-state index in [4.69, 9.17) is 16.2 Å². The average molecular weight is 730 g/mol. The van der Waals surface area contributed by atoms with Crippen molar-refractivity contribution in [1.82, 2.24) is 25.5 Å². The number of aromatic amines is 1. The third-order valence-corrected chi connectivity index (χ3v) is 10.5. The lowest BCUT2D eigenvalue weighted by Gasteiger charge is -2.46. The zero-order chi connectivity index (χ0) is 38.1. The van der Waals surface area contributed by atoms with Crippen LogP contribution in [-0.4, -0.2) is 80.5 Å². The quantitative estimate of drug-likeness (QED) is 0.119. The molecule has 1 fully saturated rings. The van der Waals surface area contributed by atoms with Crippen molar-refractivity contribution >= 4 is 29.3 Å². The summed E-state index contributed by atoms with van der Waals surface area (Å²) in [6, 6.07) is 12.2. The molecule has 1 aliphatic heterocycles. The lowest BCUT2D eigenvalue weighted by molar-refractivity contribution is -0.161. The molecule has 4 amide bonds. The molecule has 1 saturated carbocycles. The summed E-state index contributed by atoms with van der Waals surface area (Å²) in [5.41, 5.74) is 13.1. The van der Waals surface area contributed by atoms with E-state index in [2.05, 4.69) is 20.6 Å². The molecular weight excluding hydrogens is 674 g/mol. The molecule has 2 heterocycles. The highest BCUT2D eigenvalue weighted by molar-refractivity contribution is 6.04. The maximum absolute atomic E-state index is 15.5. The Morgan fingerprint density at radius 2 is 1.83 bits per heavy atom. The van der Waals surface area contributed by atoms with E-state index in [1.165, 1.54) is 19.4 Å². The number of imide groups is 1. The second-order valence-corrected chi connectivity index (χ2v) is 15.1. The number of carbonyl (C=O) groups excluding carboxylic acids is 4. The number of nitrogens with one attached hydrogen (secondary N) is 3. The van der Waals surface area contributed by atoms with Crippen molar-refractivity contribution in [3.05, 3.63) is 77.9 Å². The van der Waals surface area contributed by atoms with Gasteiger partial charge in [-0.1, -0.05) is 76.3 Å². The Hall–Kier alpha value is -4.75. The summed E-state index contributed by atoms with van der Waals surface area (Å²) in [6.07, 6.45) is 6.90. The van der Waals surface area contributed by atoms with Crippen LogP contribution in [0.2, 0.25) is 0 Å². The number of benzene rings is 2. The minimum atomic E-state index is -1.98. The number of amides is 4. The van der Waals surface area contributed by atoms with Crippen LogP contribution in [0, 0.1) is 11.8 Å². The SMILES string of the molecule is CC(=O)N(C(=O)C(N)Cc1ccccc1)[C@](Cc1cnc[nH]1)(C(=O)N[C@@H](CC1CCCCC1)[C@@H](O)CC(=O)NCC(C)C)C1COc2ccc(N)cc21. The van der Waals surface area contributed by atoms with Crippen molar-refractivity contribution in [3.63, 3.8) is 0 Å². The molecule has 5 atom stereocenters. The van der Waals surface area contributed by atoms with Gasteiger partial charge >= 0.3 is 0 Å². The first kappa shape index (κ1) is 39.5. The fourth-order valence-corrected chi connectivity index (χ4v) is 7.86. The van der Waals surface area contributed by atoms with E-state index in [0.29, 0.717) is 35.7 Å². The van der Waals surface area contributed by atoms with Crippen molar-refractivity contribution in [2.45, 2.75) is 108 Å². The van der Waals surface area contributed by atoms with Crippen molar-refractivity contribution in [2.24, 2.45) is 17.6 Å². The van der Waals surface area contributed by atoms with Gasteiger partial charge in [-0.2, -0.15) is 0 Å². The van der Waals surface area contributed by atoms with Gasteiger partial charge in [0.05, 0.1) is 43.5 Å². The number of rotatable bonds is 16. The maximum Gasteiger partial charge on any atom is 0.247 e. The molecule has 1 aliphatic carbocycles. The maximum atomic E-state index is 15.5. The van der Waals surface area contributed by atoms with Crippen LogP contribution >= 0.6 is 0 Å². The van der Waals surface area contributed by atoms with Crippen LogP contribution < -0.4 is 26.8 Å². The van der Waals surface area contributed by atoms with E-state index in [1.807, 2.05) is 44.2 Å². The highest BCUT2D eigenvalue weighted by atomic mass is 16.5. The summed E-state index contributed by atoms with van der Waals surface area (Å²) in [5, 5.41) is 17.7. The van der Waals surface area contributed by atoms with Gasteiger partial charge in [0.15, 0.2) is 0 Å². The normalized spacial score (nSPS) is 18.6. The Morgan fingerprint density at radius 1 is 1.09 bits per heavy atom. The third-order valence-electron chi connectivity index (χ3n) is 10.5. The number of carbonyl (C=O) groups is 4. The number of anilines is 1. The summed E-state index contributed by atoms with van der Waals surface area (Å²) >= 11 is 0. The fourth-order valence-electron chi connectivity index (χ4n) is 7.86. The molecule has 5 rings (SSSR count). The second kappa shape index (κ2) is 17.8. The van der Waals surface area contributed by atoms with Gasteiger partial charge in [0, 0.05) is 43.0 Å². The molecule has 3 aromatic rings. The number of fused-ring (bicyclic) bond motifs is 1. The van der Waals surface area contributed by atoms with Crippen LogP contribution in [0.4, 0.5) is 5.69 Å². The summed E-state index contributed by atoms with van der Waals surface area (Å²) in [6.45, 7) is 5.59. The van der Waals surface area contributed by atoms with E-state index in [-0.39, 0.29) is 43.6 Å². The third kappa shape index (κ3) is 9.63. The van der Waals surface area contributed by atoms with Gasteiger partial charge < -0.3 is 36.9 Å². The Morgan fingerprint density at radius 3 is 2.49 bits per heavy atom. The average Bonchev–Trinajstić information content (AvgIpc) is 3.80. The molecule has 13 heteroatoms. The number of ether oxygens (including phenoxy) is 1. The molecule has 2 unspecified atom stereocenters. The number of nitrogens with two attached hydrogens (primary N) is 2. The number of hydrogen-bond donors (Lipinski definition) is 6. The number of H-pyrrole nitrogens is 1. The monoisotopic (exact) mass is 729 g/mol. The van der Waals surface area contributed by atoms with Crippen LogP contribution in [0.15, 0.2) is 61.1 Å². The molecule has 0 spiro atoms. The highest BCUT2D eigenvalue weighted by Gasteiger charge is 2.58. The lowest BCUT2D eigenvalue weighted by Crippen LogP contribution is -2.70. The van der Waals surface area contributed by atoms with Gasteiger partial charge in [-0.15, -0.1) is 0 Å². The van der Waals surface area contributed by atoms with E-state index in [0.717, 1.165) is 42.6 Å². The van der Waals surface area contributed by atoms with Crippen LogP contribution in [0.1, 0.15) is 88.5 Å². The number of imidazole rings is 1. The van der Waals surface area contributed by atoms with Crippen molar-refractivity contribution < 1.29 is 29.0 Å². The molecule has 8 N–H and O–H groups in total. The first-order valence-corrected chi connectivity index (χ1v) is 18.8. The molecule has 0 saturated heterocycles. The van der Waals surface area contributed by atoms with E-state index in [9.17, 15) is 19.5 Å². The number of aliphatic hydroxyl groups excluding tert-OH is 1. The van der Waals surface area contributed by atoms with Crippen LogP contribution in [-0.2, 0) is 32.0 Å². The molecule has 13 nitrogen and oxygen atoms in total. The summed E-state index contributed by atoms with van der Waals surface area (Å²) in [4.78, 5) is 65.5. The van der Waals surface area contributed by atoms with E-state index in [1.54, 1.807) is 18.2 Å². The zero-order valence-corrected chi connectivity index (χ0v) is 31.1. The summed E-state index contributed by atoms with van der Waals surface area (Å²) in [7, 11) is 0. The molecule has 0 bridgehead atoms. The first-order chi connectivity index (χ1) is 25.4. The molecule has 0 radical (unpaired) electrons. The van der Waals surface area contributed by atoms with Crippen molar-refractivity contribution in [3.8, 4) is 5.75 Å². The smallest absolute Gasteiger partial charge is 0.247 e. The minimum absolute atomic E-state index is 0.0568. The van der Waals surface area contributed by atoms with Crippen LogP contribution in [0.25, 0.3) is 0 Å². The van der Waals surface area contributed by atoms with Crippen LogP contribution in [0.5, 0.6) is 5.75 Å². The Bertz CT molecular complexity index is 1690. The number of aromatic nitrogens is 2. The Kier molecular flexibility index (Phi) is 13.3. The lowest BCUT2D eigenvalue weighted by atomic mass is 9.73. The molecule has 286 valence electrons. The second-order valence-electron chi connectivity index (χ2n) is 15.1. The number of nitrogen functional groups attached to an aromatic ring is 1. The van der Waals surface area contributed by atoms with Crippen molar-refractivity contribution in [2.75, 3.05) is 18.9 Å². The van der Waals surface area contributed by atoms with Gasteiger partial charge in [-0.25, -0.2) is 4.98 Å². The van der Waals surface area contributed by atoms with E-state index < -0.39 is 47.4 Å². The Labute approximate surface area is 311 Å². The molecular formula is C40H55N7O6. The topological polar surface area (TPSA) is 206 Å². The molecule has 53 heavy (non-hydrogen) atoms. The number of aliphatic hydroxyl groups is 1. The summed E-state index contributed by atoms with van der Waals surface area (Å²) in [5.74, 6) is -2.48. The largest absolute Gasteiger partial charge is 0.493 e. The minimum Gasteiger partial charge on any atom is -0.493 e. The Balaban J connectivity index is 1.62. The van der Waals surface area contributed by atoms with Gasteiger partial charge in [-0.05, 0) is 48.4 Å². The van der Waals surface area contributed by atoms with Crippen molar-refractivity contribution in [1.29, 1.82) is 0 Å². The van der Waals surface area contributed by atoms with E-state index >= 15 is 4.79 Å². The van der Waals surface area contributed by atoms with Gasteiger partial charge in [0.2, 0.25) is 23.6 Å². The molecule has 2 aromatic carbocycles. The summed E-state index contributed by atoms with van der Waals surface area (Å²) < 4.78 is 6.14. The highest BCUT2D eigenvalue weighted by Crippen LogP contribution is 2.46. The standard InChI is InChI=1S/C40H55N7O6/c1-25(2)21-44-37(50)19-35(49)34(17-28-12-8-5-9-13-28)46-39(52)40(20-30-22-43-24-45-30,32-23-53-36-15-14-29(41)18-31(32)36)47(26(3)48)38(51)33(42)16-27-10-6-4-7-11-27/h4,6-7,10-11,14-15,18,22,24-25,28,32-35,49H,5,8-9,12-13,16-17,19-21,23,41-42H2,1-3H3,(H,43,45)(H,44,50)(H,46,52)/t32?,33?,34-,35-,40-/m0/s1. The predicted molar refractivity (Wildman–Crippen MR) is 201 cm³/mol. The van der Waals surface area contributed by atoms with Gasteiger partial charge in [0.25, 0.3) is 0 Å². The zero-order valence-electron chi connectivity index (χ0n) is 31.1. The van der Waals surface area contributed by atoms with Crippen LogP contribution in [0.3, 0.4) is 0 Å². The number of nitrogens with zero attached hydrogens (tertiary/aromatic N) is 2. The van der Waals surface area contributed by atoms with Gasteiger partial charge in [-0.3, -0.25) is 24.1 Å².